The predicted octanol–water partition coefficient (Wildman–Crippen LogP) is 5.22. The summed E-state index contributed by atoms with van der Waals surface area (Å²) in [6.07, 6.45) is 0.725. The second kappa shape index (κ2) is 6.21. The van der Waals surface area contributed by atoms with Crippen LogP contribution in [0.2, 0.25) is 10.0 Å². The second-order valence-corrected chi connectivity index (χ2v) is 6.78. The molecule has 0 fully saturated rings. The third-order valence-corrected chi connectivity index (χ3v) is 5.01. The van der Waals surface area contributed by atoms with Gasteiger partial charge in [-0.15, -0.1) is 0 Å². The molecule has 0 aliphatic carbocycles. The number of hydrogen-bond acceptors (Lipinski definition) is 3. The molecule has 25 heavy (non-hydrogen) atoms. The third kappa shape index (κ3) is 2.71. The van der Waals surface area contributed by atoms with Crippen molar-refractivity contribution in [3.8, 4) is 0 Å². The van der Waals surface area contributed by atoms with Crippen molar-refractivity contribution in [1.82, 2.24) is 4.57 Å². The highest BCUT2D eigenvalue weighted by Crippen LogP contribution is 2.31. The molecule has 0 amide bonds. The van der Waals surface area contributed by atoms with Gasteiger partial charge in [0.2, 0.25) is 0 Å². The number of para-hydroxylation sites is 1. The van der Waals surface area contributed by atoms with Gasteiger partial charge in [-0.2, -0.15) is 0 Å². The zero-order chi connectivity index (χ0) is 17.6. The highest BCUT2D eigenvalue weighted by atomic mass is 35.5. The summed E-state index contributed by atoms with van der Waals surface area (Å²) in [5, 5.41) is 6.01. The Morgan fingerprint density at radius 1 is 1.20 bits per heavy atom. The number of carbonyl (C=O) groups excluding carboxylic acids is 1. The van der Waals surface area contributed by atoms with Crippen LogP contribution in [0.15, 0.2) is 47.6 Å². The molecule has 3 aromatic rings. The number of hydrogen-bond donors (Lipinski definition) is 0. The first-order valence-electron chi connectivity index (χ1n) is 7.87. The summed E-state index contributed by atoms with van der Waals surface area (Å²) >= 11 is 11.9. The number of rotatable bonds is 2. The van der Waals surface area contributed by atoms with Crippen LogP contribution in [-0.2, 0) is 11.4 Å². The summed E-state index contributed by atoms with van der Waals surface area (Å²) < 4.78 is 2.21. The number of fused-ring (bicyclic) bond motifs is 3. The molecule has 6 heteroatoms. The summed E-state index contributed by atoms with van der Waals surface area (Å²) in [5.41, 5.74) is 4.36. The van der Waals surface area contributed by atoms with Crippen LogP contribution in [0.1, 0.15) is 28.0 Å². The zero-order valence-corrected chi connectivity index (χ0v) is 14.9. The standard InChI is InChI=1S/C19H14Cl2N2O2/c1-11-13-4-2-3-5-17(13)23-9-8-16(18(11)23)22-25-19(24)14-7-6-12(20)10-15(14)21/h2-7,10H,8-9H2,1H3. The summed E-state index contributed by atoms with van der Waals surface area (Å²) in [7, 11) is 0. The van der Waals surface area contributed by atoms with Gasteiger partial charge in [-0.05, 0) is 36.8 Å². The fourth-order valence-electron chi connectivity index (χ4n) is 3.31. The maximum atomic E-state index is 12.2. The van der Waals surface area contributed by atoms with Gasteiger partial charge < -0.3 is 9.40 Å². The number of aryl methyl sites for hydroxylation is 2. The Morgan fingerprint density at radius 3 is 2.80 bits per heavy atom. The number of oxime groups is 1. The normalized spacial score (nSPS) is 14.9. The average Bonchev–Trinajstić information content (AvgIpc) is 3.13. The highest BCUT2D eigenvalue weighted by Gasteiger charge is 2.25. The van der Waals surface area contributed by atoms with Crippen LogP contribution in [0, 0.1) is 6.92 Å². The van der Waals surface area contributed by atoms with Crippen LogP contribution < -0.4 is 0 Å². The van der Waals surface area contributed by atoms with Crippen molar-refractivity contribution in [3.63, 3.8) is 0 Å². The van der Waals surface area contributed by atoms with Gasteiger partial charge >= 0.3 is 5.97 Å². The second-order valence-electron chi connectivity index (χ2n) is 5.93. The molecule has 0 N–H and O–H groups in total. The van der Waals surface area contributed by atoms with Crippen LogP contribution in [0.25, 0.3) is 10.9 Å². The molecule has 1 aliphatic rings. The van der Waals surface area contributed by atoms with E-state index in [4.69, 9.17) is 28.0 Å². The van der Waals surface area contributed by atoms with E-state index < -0.39 is 5.97 Å². The van der Waals surface area contributed by atoms with Crippen molar-refractivity contribution in [2.75, 3.05) is 0 Å². The lowest BCUT2D eigenvalue weighted by atomic mass is 10.1. The van der Waals surface area contributed by atoms with Crippen LogP contribution in [-0.4, -0.2) is 16.2 Å². The zero-order valence-electron chi connectivity index (χ0n) is 13.4. The Kier molecular flexibility index (Phi) is 4.02. The lowest BCUT2D eigenvalue weighted by Crippen LogP contribution is -2.05. The summed E-state index contributed by atoms with van der Waals surface area (Å²) in [6.45, 7) is 2.88. The van der Waals surface area contributed by atoms with E-state index in [1.165, 1.54) is 23.0 Å². The highest BCUT2D eigenvalue weighted by molar-refractivity contribution is 6.36. The molecule has 0 radical (unpaired) electrons. The molecule has 0 spiro atoms. The van der Waals surface area contributed by atoms with Gasteiger partial charge in [0.15, 0.2) is 0 Å². The Morgan fingerprint density at radius 2 is 2.00 bits per heavy atom. The monoisotopic (exact) mass is 372 g/mol. The van der Waals surface area contributed by atoms with E-state index in [9.17, 15) is 4.79 Å². The van der Waals surface area contributed by atoms with E-state index >= 15 is 0 Å². The van der Waals surface area contributed by atoms with Crippen molar-refractivity contribution in [2.45, 2.75) is 19.9 Å². The maximum absolute atomic E-state index is 12.2. The first-order valence-corrected chi connectivity index (χ1v) is 8.63. The summed E-state index contributed by atoms with van der Waals surface area (Å²) in [4.78, 5) is 17.4. The molecule has 4 nitrogen and oxygen atoms in total. The first-order chi connectivity index (χ1) is 12.1. The maximum Gasteiger partial charge on any atom is 0.367 e. The minimum absolute atomic E-state index is 0.241. The van der Waals surface area contributed by atoms with Crippen molar-refractivity contribution in [2.24, 2.45) is 5.16 Å². The third-order valence-electron chi connectivity index (χ3n) is 4.46. The molecule has 126 valence electrons. The minimum atomic E-state index is -0.596. The fraction of sp³-hybridized carbons (Fsp3) is 0.158. The Balaban J connectivity index is 1.66. The quantitative estimate of drug-likeness (QED) is 0.457. The molecule has 2 aromatic carbocycles. The molecule has 4 rings (SSSR count). The van der Waals surface area contributed by atoms with E-state index in [2.05, 4.69) is 28.8 Å². The van der Waals surface area contributed by atoms with Gasteiger partial charge in [0.25, 0.3) is 0 Å². The van der Waals surface area contributed by atoms with Gasteiger partial charge in [0.05, 0.1) is 16.3 Å². The summed E-state index contributed by atoms with van der Waals surface area (Å²) in [5.74, 6) is -0.596. The SMILES string of the molecule is Cc1c2n(c3ccccc13)CCC2=NOC(=O)c1ccc(Cl)cc1Cl. The number of benzene rings is 2. The molecular weight excluding hydrogens is 359 g/mol. The molecule has 0 bridgehead atoms. The smallest absolute Gasteiger partial charge is 0.339 e. The van der Waals surface area contributed by atoms with E-state index in [-0.39, 0.29) is 10.6 Å². The molecule has 0 saturated carbocycles. The van der Waals surface area contributed by atoms with Crippen molar-refractivity contribution in [1.29, 1.82) is 0 Å². The van der Waals surface area contributed by atoms with Gasteiger partial charge in [-0.3, -0.25) is 0 Å². The van der Waals surface area contributed by atoms with E-state index in [1.54, 1.807) is 6.07 Å². The van der Waals surface area contributed by atoms with Gasteiger partial charge in [0.1, 0.15) is 5.71 Å². The molecule has 0 unspecified atom stereocenters. The molecule has 0 saturated heterocycles. The molecule has 1 aromatic heterocycles. The number of halogens is 2. The minimum Gasteiger partial charge on any atom is -0.339 e. The van der Waals surface area contributed by atoms with E-state index in [0.717, 1.165) is 29.9 Å². The van der Waals surface area contributed by atoms with Crippen molar-refractivity contribution < 1.29 is 9.63 Å². The van der Waals surface area contributed by atoms with Crippen molar-refractivity contribution in [3.05, 3.63) is 69.3 Å². The fourth-order valence-corrected chi connectivity index (χ4v) is 3.79. The average molecular weight is 373 g/mol. The first kappa shape index (κ1) is 16.2. The Labute approximate surface area is 154 Å². The topological polar surface area (TPSA) is 43.6 Å². The van der Waals surface area contributed by atoms with Gasteiger partial charge in [-0.1, -0.05) is 46.6 Å². The lowest BCUT2D eigenvalue weighted by Gasteiger charge is -2.03. The number of carbonyl (C=O) groups is 1. The molecule has 2 heterocycles. The van der Waals surface area contributed by atoms with Crippen molar-refractivity contribution >= 4 is 45.8 Å². The molecule has 1 aliphatic heterocycles. The van der Waals surface area contributed by atoms with E-state index in [1.807, 2.05) is 12.1 Å². The van der Waals surface area contributed by atoms with Gasteiger partial charge in [-0.25, -0.2) is 4.79 Å². The van der Waals surface area contributed by atoms with Crippen LogP contribution in [0.5, 0.6) is 0 Å². The Bertz CT molecular complexity index is 1040. The summed E-state index contributed by atoms with van der Waals surface area (Å²) in [6, 6.07) is 12.8. The molecular formula is C19H14Cl2N2O2. The number of aromatic nitrogens is 1. The van der Waals surface area contributed by atoms with Gasteiger partial charge in [0, 0.05) is 28.9 Å². The largest absolute Gasteiger partial charge is 0.367 e. The predicted molar refractivity (Wildman–Crippen MR) is 99.7 cm³/mol. The Hall–Kier alpha value is -2.30. The van der Waals surface area contributed by atoms with Crippen LogP contribution >= 0.6 is 23.2 Å². The molecule has 0 atom stereocenters. The lowest BCUT2D eigenvalue weighted by molar-refractivity contribution is 0.0516. The van der Waals surface area contributed by atoms with Crippen LogP contribution in [0.3, 0.4) is 0 Å². The van der Waals surface area contributed by atoms with Crippen LogP contribution in [0.4, 0.5) is 0 Å². The number of nitrogens with zero attached hydrogens (tertiary/aromatic N) is 2. The van der Waals surface area contributed by atoms with E-state index in [0.29, 0.717) is 5.02 Å².